The maximum atomic E-state index is 13.6. The van der Waals surface area contributed by atoms with Gasteiger partial charge in [0.15, 0.2) is 11.5 Å². The van der Waals surface area contributed by atoms with Crippen molar-refractivity contribution in [2.75, 3.05) is 94.9 Å². The van der Waals surface area contributed by atoms with Gasteiger partial charge in [-0.1, -0.05) is 30.3 Å². The zero-order valence-electron chi connectivity index (χ0n) is 42.7. The topological polar surface area (TPSA) is 251 Å². The van der Waals surface area contributed by atoms with Gasteiger partial charge in [-0.2, -0.15) is 5.10 Å². The molecule has 4 fully saturated rings. The van der Waals surface area contributed by atoms with E-state index in [9.17, 15) is 38.0 Å². The summed E-state index contributed by atoms with van der Waals surface area (Å²) in [5.41, 5.74) is 8.57. The van der Waals surface area contributed by atoms with E-state index in [1.54, 1.807) is 48.7 Å². The predicted octanol–water partition coefficient (Wildman–Crippen LogP) is 3.99. The van der Waals surface area contributed by atoms with Gasteiger partial charge in [-0.3, -0.25) is 43.7 Å². The molecular weight excluding hydrogens is 990 g/mol. The number of nitrogen functional groups attached to an aromatic ring is 1. The molecule has 5 aromatic rings. The molecule has 1 unspecified atom stereocenters. The number of piperidine rings is 3. The first-order valence-electron chi connectivity index (χ1n) is 26.4. The highest BCUT2D eigenvalue weighted by molar-refractivity contribution is 6.23. The van der Waals surface area contributed by atoms with E-state index in [1.807, 2.05) is 15.8 Å². The Morgan fingerprint density at radius 3 is 2.19 bits per heavy atom. The molecule has 5 N–H and O–H groups in total. The highest BCUT2D eigenvalue weighted by Crippen LogP contribution is 2.31. The number of benzene rings is 3. The Balaban J connectivity index is 0.612. The first kappa shape index (κ1) is 52.5. The minimum atomic E-state index is -1.36. The van der Waals surface area contributed by atoms with E-state index in [1.165, 1.54) is 36.5 Å². The summed E-state index contributed by atoms with van der Waals surface area (Å²) >= 11 is 0. The van der Waals surface area contributed by atoms with Crippen molar-refractivity contribution >= 4 is 58.6 Å². The number of nitrogens with two attached hydrogens (primary N) is 1. The van der Waals surface area contributed by atoms with E-state index >= 15 is 0 Å². The third kappa shape index (κ3) is 12.3. The number of nitrogens with zero attached hydrogens (tertiary/aromatic N) is 9. The molecule has 6 amide bonds. The van der Waals surface area contributed by atoms with Crippen LogP contribution in [0.2, 0.25) is 0 Å². The van der Waals surface area contributed by atoms with Crippen molar-refractivity contribution in [1.82, 2.24) is 49.6 Å². The summed E-state index contributed by atoms with van der Waals surface area (Å²) < 4.78 is 21.2. The number of ether oxygens (including phenoxy) is 1. The van der Waals surface area contributed by atoms with E-state index < -0.39 is 53.5 Å². The third-order valence-corrected chi connectivity index (χ3v) is 15.3. The molecule has 0 saturated carbocycles. The molecule has 0 spiro atoms. The van der Waals surface area contributed by atoms with Gasteiger partial charge in [-0.15, -0.1) is 0 Å². The highest BCUT2D eigenvalue weighted by atomic mass is 19.1. The second kappa shape index (κ2) is 23.5. The number of hydrogen-bond acceptors (Lipinski definition) is 16. The molecule has 0 bridgehead atoms. The van der Waals surface area contributed by atoms with Gasteiger partial charge in [0.2, 0.25) is 23.8 Å². The molecule has 0 radical (unpaired) electrons. The molecule has 5 aliphatic rings. The second-order valence-electron chi connectivity index (χ2n) is 20.3. The van der Waals surface area contributed by atoms with Gasteiger partial charge in [0.05, 0.1) is 41.8 Å². The average Bonchev–Trinajstić information content (AvgIpc) is 4.11. The van der Waals surface area contributed by atoms with Crippen molar-refractivity contribution in [3.8, 4) is 11.3 Å². The van der Waals surface area contributed by atoms with Gasteiger partial charge in [-0.25, -0.2) is 19.2 Å². The zero-order valence-corrected chi connectivity index (χ0v) is 42.7. The average molecular weight is 1050 g/mol. The van der Waals surface area contributed by atoms with Gasteiger partial charge >= 0.3 is 5.97 Å². The molecule has 3 aromatic carbocycles. The number of nitrogens with one attached hydrogen (secondary N) is 3. The number of esters is 1. The zero-order chi connectivity index (χ0) is 53.6. The lowest BCUT2D eigenvalue weighted by atomic mass is 9.96. The van der Waals surface area contributed by atoms with Crippen molar-refractivity contribution in [2.24, 2.45) is 5.92 Å². The van der Waals surface area contributed by atoms with Gasteiger partial charge in [0, 0.05) is 94.0 Å². The minimum Gasteiger partial charge on any atom is -0.442 e. The number of piperazine rings is 1. The fraction of sp³-hybridized carbons (Fsp3) is 0.418. The summed E-state index contributed by atoms with van der Waals surface area (Å²) in [6, 6.07) is 17.7. The lowest BCUT2D eigenvalue weighted by Gasteiger charge is -2.39. The molecule has 0 aliphatic carbocycles. The van der Waals surface area contributed by atoms with E-state index in [-0.39, 0.29) is 54.0 Å². The molecule has 77 heavy (non-hydrogen) atoms. The number of carbonyl (C=O) groups is 7. The molecule has 22 heteroatoms. The van der Waals surface area contributed by atoms with Crippen LogP contribution in [0.25, 0.3) is 11.3 Å². The standard InChI is InChI=1S/C55H62FN13O8/c56-38-7-9-39(10-8-38)61-52(73)49(36-5-2-1-3-6-36)77-55(76)48-50(57)59-31-44(62-48)37-30-60-68(34-37)41-17-21-64(22-18-41)19-4-20-65-25-27-66(28-26-65)33-35-15-23-67(24-16-35)47(71)32-58-40-11-12-42-43(29-40)54(75)69(53(42)74)45-13-14-46(70)63-51(45)72/h1-3,5-12,29-31,34-35,41,45,49,58H,4,13-28,32-33H2,(H2,57,59)(H,61,73)(H,63,70,72)/t45?,49-/m1/s1. The lowest BCUT2D eigenvalue weighted by Crippen LogP contribution is -2.54. The smallest absolute Gasteiger partial charge is 0.361 e. The van der Waals surface area contributed by atoms with Gasteiger partial charge < -0.3 is 40.7 Å². The Morgan fingerprint density at radius 2 is 1.47 bits per heavy atom. The molecule has 4 saturated heterocycles. The molecular formula is C55H62FN13O8. The summed E-state index contributed by atoms with van der Waals surface area (Å²) in [4.78, 5) is 110. The summed E-state index contributed by atoms with van der Waals surface area (Å²) in [5.74, 6) is -3.93. The van der Waals surface area contributed by atoms with Crippen molar-refractivity contribution in [2.45, 2.75) is 63.1 Å². The molecule has 402 valence electrons. The minimum absolute atomic E-state index is 0.0301. The monoisotopic (exact) mass is 1050 g/mol. The summed E-state index contributed by atoms with van der Waals surface area (Å²) in [5, 5.41) is 12.7. The van der Waals surface area contributed by atoms with Crippen LogP contribution in [-0.2, 0) is 23.9 Å². The van der Waals surface area contributed by atoms with E-state index in [4.69, 9.17) is 10.5 Å². The van der Waals surface area contributed by atoms with Crippen LogP contribution in [0.5, 0.6) is 0 Å². The first-order valence-corrected chi connectivity index (χ1v) is 26.4. The number of likely N-dealkylation sites (tertiary alicyclic amines) is 2. The van der Waals surface area contributed by atoms with Crippen LogP contribution in [0.4, 0.5) is 21.6 Å². The van der Waals surface area contributed by atoms with Crippen molar-refractivity contribution in [3.63, 3.8) is 0 Å². The van der Waals surface area contributed by atoms with Crippen LogP contribution >= 0.6 is 0 Å². The number of anilines is 3. The SMILES string of the molecule is Nc1ncc(-c2cnn(C3CCN(CCCN4CCN(CC5CCN(C(=O)CNc6ccc7c(c6)C(=O)N(C6CCC(=O)NC6=O)C7=O)CC5)CC4)CC3)c2)nc1C(=O)O[C@@H](C(=O)Nc1ccc(F)cc1)c1ccccc1. The maximum Gasteiger partial charge on any atom is 0.361 e. The highest BCUT2D eigenvalue weighted by Gasteiger charge is 2.45. The number of amides is 6. The fourth-order valence-corrected chi connectivity index (χ4v) is 10.9. The normalized spacial score (nSPS) is 19.5. The molecule has 21 nitrogen and oxygen atoms in total. The van der Waals surface area contributed by atoms with Crippen LogP contribution in [-0.4, -0.2) is 170 Å². The number of carbonyl (C=O) groups excluding carboxylic acids is 7. The van der Waals surface area contributed by atoms with Crippen molar-refractivity contribution in [1.29, 1.82) is 0 Å². The molecule has 2 atom stereocenters. The lowest BCUT2D eigenvalue weighted by molar-refractivity contribution is -0.136. The number of fused-ring (bicyclic) bond motifs is 1. The number of aromatic nitrogens is 4. The summed E-state index contributed by atoms with van der Waals surface area (Å²) in [6.45, 7) is 10.6. The van der Waals surface area contributed by atoms with Crippen LogP contribution in [0.15, 0.2) is 91.4 Å². The Bertz CT molecular complexity index is 3010. The Kier molecular flexibility index (Phi) is 16.0. The first-order chi connectivity index (χ1) is 37.3. The maximum absolute atomic E-state index is 13.6. The Hall–Kier alpha value is -7.95. The molecule has 5 aliphatic heterocycles. The predicted molar refractivity (Wildman–Crippen MR) is 280 cm³/mol. The third-order valence-electron chi connectivity index (χ3n) is 15.3. The van der Waals surface area contributed by atoms with Gasteiger partial charge in [0.1, 0.15) is 11.9 Å². The van der Waals surface area contributed by atoms with E-state index in [0.29, 0.717) is 47.2 Å². The van der Waals surface area contributed by atoms with Crippen molar-refractivity contribution < 1.29 is 42.7 Å². The quantitative estimate of drug-likeness (QED) is 0.0759. The number of imide groups is 2. The van der Waals surface area contributed by atoms with Crippen molar-refractivity contribution in [3.05, 3.63) is 120 Å². The van der Waals surface area contributed by atoms with Gasteiger partial charge in [0.25, 0.3) is 17.7 Å². The Labute approximate surface area is 444 Å². The van der Waals surface area contributed by atoms with Crippen LogP contribution in [0.3, 0.4) is 0 Å². The second-order valence-corrected chi connectivity index (χ2v) is 20.3. The number of rotatable bonds is 17. The fourth-order valence-electron chi connectivity index (χ4n) is 10.9. The van der Waals surface area contributed by atoms with Crippen LogP contribution < -0.4 is 21.7 Å². The molecule has 7 heterocycles. The largest absolute Gasteiger partial charge is 0.442 e. The van der Waals surface area contributed by atoms with E-state index in [0.717, 1.165) is 95.9 Å². The van der Waals surface area contributed by atoms with Crippen LogP contribution in [0, 0.1) is 11.7 Å². The molecule has 2 aromatic heterocycles. The van der Waals surface area contributed by atoms with Gasteiger partial charge in [-0.05, 0) is 100.0 Å². The Morgan fingerprint density at radius 1 is 0.779 bits per heavy atom. The number of hydrogen-bond donors (Lipinski definition) is 4. The van der Waals surface area contributed by atoms with Crippen LogP contribution in [0.1, 0.15) is 93.9 Å². The molecule has 10 rings (SSSR count). The van der Waals surface area contributed by atoms with E-state index in [2.05, 4.69) is 45.7 Å². The summed E-state index contributed by atoms with van der Waals surface area (Å²) in [7, 11) is 0. The summed E-state index contributed by atoms with van der Waals surface area (Å²) in [6.07, 6.45) is 8.69. The number of halogens is 1.